The van der Waals surface area contributed by atoms with Crippen molar-refractivity contribution in [3.05, 3.63) is 12.2 Å². The minimum atomic E-state index is -0.382. The van der Waals surface area contributed by atoms with E-state index in [0.717, 1.165) is 25.7 Å². The molecule has 1 aliphatic carbocycles. The van der Waals surface area contributed by atoms with Crippen LogP contribution in [0.15, 0.2) is 12.2 Å². The van der Waals surface area contributed by atoms with E-state index in [4.69, 9.17) is 0 Å². The molecule has 1 nitrogen and oxygen atoms in total. The van der Waals surface area contributed by atoms with E-state index in [-0.39, 0.29) is 5.60 Å². The summed E-state index contributed by atoms with van der Waals surface area (Å²) in [6.45, 7) is 2.18. The van der Waals surface area contributed by atoms with E-state index >= 15 is 0 Å². The molecule has 1 unspecified atom stereocenters. The molecule has 0 saturated carbocycles. The zero-order valence-electron chi connectivity index (χ0n) is 8.76. The van der Waals surface area contributed by atoms with Crippen molar-refractivity contribution in [3.63, 3.8) is 0 Å². The minimum absolute atomic E-state index is 0.382. The molecule has 0 bridgehead atoms. The Morgan fingerprint density at radius 2 is 2.15 bits per heavy atom. The first-order valence-electron chi connectivity index (χ1n) is 5.64. The molecule has 0 aromatic carbocycles. The normalized spacial score (nSPS) is 32.2. The topological polar surface area (TPSA) is 20.2 Å². The highest BCUT2D eigenvalue weighted by molar-refractivity contribution is 4.93. The maximum Gasteiger partial charge on any atom is 0.0682 e. The Bertz CT molecular complexity index is 163. The molecule has 1 rings (SSSR count). The van der Waals surface area contributed by atoms with Crippen LogP contribution in [-0.2, 0) is 0 Å². The number of hydrogen-bond donors (Lipinski definition) is 1. The molecule has 0 aromatic heterocycles. The van der Waals surface area contributed by atoms with Crippen LogP contribution in [0.2, 0.25) is 0 Å². The maximum absolute atomic E-state index is 10.3. The summed E-state index contributed by atoms with van der Waals surface area (Å²) in [4.78, 5) is 0. The van der Waals surface area contributed by atoms with Gasteiger partial charge in [0.25, 0.3) is 0 Å². The van der Waals surface area contributed by atoms with Crippen LogP contribution in [0.1, 0.15) is 58.3 Å². The van der Waals surface area contributed by atoms with Crippen molar-refractivity contribution in [3.8, 4) is 0 Å². The van der Waals surface area contributed by atoms with Gasteiger partial charge in [0.15, 0.2) is 0 Å². The molecule has 0 heterocycles. The number of allylic oxidation sites excluding steroid dienone is 1. The van der Waals surface area contributed by atoms with Crippen molar-refractivity contribution < 1.29 is 5.11 Å². The Morgan fingerprint density at radius 1 is 1.31 bits per heavy atom. The Balaban J connectivity index is 2.42. The molecule has 76 valence electrons. The summed E-state index contributed by atoms with van der Waals surface area (Å²) in [6.07, 6.45) is 13.2. The highest BCUT2D eigenvalue weighted by Gasteiger charge is 2.24. The molecule has 1 heteroatoms. The summed E-state index contributed by atoms with van der Waals surface area (Å²) in [5.74, 6) is 0. The van der Waals surface area contributed by atoms with Crippen molar-refractivity contribution in [2.24, 2.45) is 0 Å². The van der Waals surface area contributed by atoms with Crippen molar-refractivity contribution in [2.45, 2.75) is 63.9 Å². The van der Waals surface area contributed by atoms with Crippen LogP contribution in [0, 0.1) is 0 Å². The molecule has 0 fully saturated rings. The predicted molar refractivity (Wildman–Crippen MR) is 56.7 cm³/mol. The van der Waals surface area contributed by atoms with Crippen LogP contribution in [-0.4, -0.2) is 10.7 Å². The van der Waals surface area contributed by atoms with E-state index in [9.17, 15) is 5.11 Å². The van der Waals surface area contributed by atoms with Gasteiger partial charge >= 0.3 is 0 Å². The summed E-state index contributed by atoms with van der Waals surface area (Å²) >= 11 is 0. The minimum Gasteiger partial charge on any atom is -0.390 e. The average molecular weight is 182 g/mol. The van der Waals surface area contributed by atoms with Crippen LogP contribution in [0.5, 0.6) is 0 Å². The summed E-state index contributed by atoms with van der Waals surface area (Å²) in [5, 5.41) is 10.3. The van der Waals surface area contributed by atoms with Crippen molar-refractivity contribution in [1.29, 1.82) is 0 Å². The van der Waals surface area contributed by atoms with Gasteiger partial charge in [-0.2, -0.15) is 0 Å². The van der Waals surface area contributed by atoms with Crippen LogP contribution >= 0.6 is 0 Å². The summed E-state index contributed by atoms with van der Waals surface area (Å²) < 4.78 is 0. The highest BCUT2D eigenvalue weighted by Crippen LogP contribution is 2.27. The number of aliphatic hydroxyl groups is 1. The lowest BCUT2D eigenvalue weighted by molar-refractivity contribution is 0.0202. The fourth-order valence-electron chi connectivity index (χ4n) is 1.97. The zero-order valence-corrected chi connectivity index (χ0v) is 8.76. The Hall–Kier alpha value is -0.300. The molecular formula is C12H22O. The van der Waals surface area contributed by atoms with Crippen molar-refractivity contribution >= 4 is 0 Å². The summed E-state index contributed by atoms with van der Waals surface area (Å²) in [5.41, 5.74) is -0.382. The van der Waals surface area contributed by atoms with Gasteiger partial charge in [0.1, 0.15) is 0 Å². The Labute approximate surface area is 81.9 Å². The van der Waals surface area contributed by atoms with Gasteiger partial charge in [-0.15, -0.1) is 0 Å². The lowest BCUT2D eigenvalue weighted by atomic mass is 9.86. The fourth-order valence-corrected chi connectivity index (χ4v) is 1.97. The quantitative estimate of drug-likeness (QED) is 0.663. The third-order valence-electron chi connectivity index (χ3n) is 2.92. The number of hydrogen-bond acceptors (Lipinski definition) is 1. The molecule has 0 radical (unpaired) electrons. The first-order valence-corrected chi connectivity index (χ1v) is 5.64. The molecule has 1 N–H and O–H groups in total. The Morgan fingerprint density at radius 3 is 2.92 bits per heavy atom. The predicted octanol–water partition coefficient (Wildman–Crippen LogP) is 3.43. The van der Waals surface area contributed by atoms with Crippen molar-refractivity contribution in [2.75, 3.05) is 0 Å². The lowest BCUT2D eigenvalue weighted by Gasteiger charge is -2.28. The van der Waals surface area contributed by atoms with E-state index in [1.807, 2.05) is 0 Å². The molecule has 0 amide bonds. The van der Waals surface area contributed by atoms with Gasteiger partial charge < -0.3 is 5.11 Å². The van der Waals surface area contributed by atoms with E-state index in [1.165, 1.54) is 25.7 Å². The third kappa shape index (κ3) is 3.95. The van der Waals surface area contributed by atoms with Gasteiger partial charge in [0, 0.05) is 0 Å². The van der Waals surface area contributed by atoms with E-state index < -0.39 is 0 Å². The second kappa shape index (κ2) is 5.43. The Kier molecular flexibility index (Phi) is 4.51. The summed E-state index contributed by atoms with van der Waals surface area (Å²) in [7, 11) is 0. The molecule has 0 aromatic rings. The zero-order chi connectivity index (χ0) is 9.57. The van der Waals surface area contributed by atoms with Gasteiger partial charge in [0.05, 0.1) is 5.60 Å². The van der Waals surface area contributed by atoms with Gasteiger partial charge in [-0.25, -0.2) is 0 Å². The smallest absolute Gasteiger partial charge is 0.0682 e. The molecule has 13 heavy (non-hydrogen) atoms. The van der Waals surface area contributed by atoms with E-state index in [2.05, 4.69) is 19.1 Å². The molecule has 1 aliphatic rings. The number of unbranched alkanes of at least 4 members (excludes halogenated alkanes) is 1. The average Bonchev–Trinajstić information content (AvgIpc) is 2.09. The molecular weight excluding hydrogens is 160 g/mol. The van der Waals surface area contributed by atoms with Gasteiger partial charge in [-0.05, 0) is 32.1 Å². The third-order valence-corrected chi connectivity index (χ3v) is 2.92. The van der Waals surface area contributed by atoms with Crippen LogP contribution < -0.4 is 0 Å². The van der Waals surface area contributed by atoms with Crippen molar-refractivity contribution in [1.82, 2.24) is 0 Å². The van der Waals surface area contributed by atoms with E-state index in [1.54, 1.807) is 0 Å². The second-order valence-corrected chi connectivity index (χ2v) is 4.25. The molecule has 0 spiro atoms. The number of rotatable bonds is 3. The van der Waals surface area contributed by atoms with Crippen LogP contribution in [0.4, 0.5) is 0 Å². The molecule has 0 aliphatic heterocycles. The summed E-state index contributed by atoms with van der Waals surface area (Å²) in [6, 6.07) is 0. The van der Waals surface area contributed by atoms with Gasteiger partial charge in [-0.1, -0.05) is 38.3 Å². The maximum atomic E-state index is 10.3. The fraction of sp³-hybridized carbons (Fsp3) is 0.833. The van der Waals surface area contributed by atoms with Crippen LogP contribution in [0.3, 0.4) is 0 Å². The standard InChI is InChI=1S/C12H22O/c1-2-3-9-12(13)10-7-5-4-6-8-11-12/h5,7,13H,2-4,6,8-11H2,1H3/b7-5-. The molecule has 1 atom stereocenters. The van der Waals surface area contributed by atoms with E-state index in [0.29, 0.717) is 0 Å². The SMILES string of the molecule is CCCCC1(O)C/C=C\CCCC1. The first kappa shape index (κ1) is 10.8. The second-order valence-electron chi connectivity index (χ2n) is 4.25. The first-order chi connectivity index (χ1) is 6.27. The monoisotopic (exact) mass is 182 g/mol. The van der Waals surface area contributed by atoms with Crippen LogP contribution in [0.25, 0.3) is 0 Å². The molecule has 0 saturated heterocycles. The van der Waals surface area contributed by atoms with Gasteiger partial charge in [0.2, 0.25) is 0 Å². The largest absolute Gasteiger partial charge is 0.390 e. The van der Waals surface area contributed by atoms with Gasteiger partial charge in [-0.3, -0.25) is 0 Å². The highest BCUT2D eigenvalue weighted by atomic mass is 16.3. The lowest BCUT2D eigenvalue weighted by Crippen LogP contribution is -2.28.